The maximum absolute atomic E-state index is 12.5. The Bertz CT molecular complexity index is 800. The predicted molar refractivity (Wildman–Crippen MR) is 112 cm³/mol. The van der Waals surface area contributed by atoms with Gasteiger partial charge in [-0.25, -0.2) is 4.79 Å². The summed E-state index contributed by atoms with van der Waals surface area (Å²) in [4.78, 5) is 14.3. The molecule has 0 aliphatic carbocycles. The van der Waals surface area contributed by atoms with Gasteiger partial charge >= 0.3 is 13.2 Å². The monoisotopic (exact) mass is 401 g/mol. The summed E-state index contributed by atoms with van der Waals surface area (Å²) < 4.78 is 24.4. The minimum atomic E-state index is -0.503. The van der Waals surface area contributed by atoms with Crippen LogP contribution < -0.4 is 10.2 Å². The van der Waals surface area contributed by atoms with Crippen molar-refractivity contribution in [2.75, 3.05) is 13.1 Å². The number of piperidine rings is 1. The number of carbonyl (C=O) groups excluding carboxylic acids is 1. The van der Waals surface area contributed by atoms with Gasteiger partial charge in [0.25, 0.3) is 0 Å². The van der Waals surface area contributed by atoms with E-state index in [1.165, 1.54) is 5.56 Å². The minimum Gasteiger partial charge on any atom is -0.488 e. The molecular weight excluding hydrogens is 369 g/mol. The van der Waals surface area contributed by atoms with Crippen LogP contribution in [0.4, 0.5) is 4.79 Å². The summed E-state index contributed by atoms with van der Waals surface area (Å²) in [5, 5.41) is 0. The topological polar surface area (TPSA) is 57.2 Å². The molecule has 2 atom stereocenters. The van der Waals surface area contributed by atoms with Crippen LogP contribution in [0.1, 0.15) is 66.4 Å². The number of amides is 1. The molecule has 2 saturated heterocycles. The fourth-order valence-electron chi connectivity index (χ4n) is 4.19. The molecule has 0 aromatic heterocycles. The zero-order chi connectivity index (χ0) is 21.2. The molecule has 3 aliphatic rings. The number of likely N-dealkylation sites (tertiary alicyclic amines) is 1. The molecule has 3 heterocycles. The van der Waals surface area contributed by atoms with Gasteiger partial charge in [0.1, 0.15) is 17.5 Å². The van der Waals surface area contributed by atoms with Crippen LogP contribution in [0.2, 0.25) is 0 Å². The molecule has 6 nitrogen and oxygen atoms in total. The van der Waals surface area contributed by atoms with Crippen molar-refractivity contribution in [1.29, 1.82) is 0 Å². The third-order valence-corrected chi connectivity index (χ3v) is 6.46. The molecule has 0 saturated carbocycles. The zero-order valence-corrected chi connectivity index (χ0v) is 18.6. The molecule has 0 radical (unpaired) electrons. The average Bonchev–Trinajstić information content (AvgIpc) is 3.06. The highest BCUT2D eigenvalue weighted by Crippen LogP contribution is 2.44. The lowest BCUT2D eigenvalue weighted by atomic mass is 9.76. The van der Waals surface area contributed by atoms with Crippen molar-refractivity contribution >= 4 is 18.7 Å². The van der Waals surface area contributed by atoms with Crippen LogP contribution in [0.3, 0.4) is 0 Å². The first-order valence-corrected chi connectivity index (χ1v) is 10.5. The Labute approximate surface area is 174 Å². The number of fused-ring (bicyclic) bond motifs is 3. The van der Waals surface area contributed by atoms with Crippen LogP contribution in [-0.2, 0) is 14.0 Å². The first-order chi connectivity index (χ1) is 13.4. The van der Waals surface area contributed by atoms with E-state index < -0.39 is 23.9 Å². The number of carbonyl (C=O) groups is 1. The molecule has 158 valence electrons. The van der Waals surface area contributed by atoms with E-state index >= 15 is 0 Å². The van der Waals surface area contributed by atoms with Gasteiger partial charge in [0.05, 0.1) is 17.7 Å². The van der Waals surface area contributed by atoms with Crippen molar-refractivity contribution in [3.63, 3.8) is 0 Å². The summed E-state index contributed by atoms with van der Waals surface area (Å²) in [5.41, 5.74) is 0.806. The van der Waals surface area contributed by atoms with Gasteiger partial charge in [-0.1, -0.05) is 18.2 Å². The van der Waals surface area contributed by atoms with Crippen molar-refractivity contribution in [3.05, 3.63) is 23.8 Å². The van der Waals surface area contributed by atoms with Crippen LogP contribution in [-0.4, -0.2) is 54.1 Å². The molecule has 2 fully saturated rings. The Morgan fingerprint density at radius 3 is 2.45 bits per heavy atom. The van der Waals surface area contributed by atoms with Crippen molar-refractivity contribution in [1.82, 2.24) is 4.90 Å². The summed E-state index contributed by atoms with van der Waals surface area (Å²) in [6.45, 7) is 15.1. The van der Waals surface area contributed by atoms with E-state index in [4.69, 9.17) is 18.8 Å². The Kier molecular flexibility index (Phi) is 4.70. The van der Waals surface area contributed by atoms with E-state index in [1.807, 2.05) is 32.9 Å². The second kappa shape index (κ2) is 6.64. The molecule has 0 bridgehead atoms. The fourth-order valence-corrected chi connectivity index (χ4v) is 4.19. The van der Waals surface area contributed by atoms with Gasteiger partial charge in [-0.05, 0) is 54.9 Å². The quantitative estimate of drug-likeness (QED) is 0.675. The van der Waals surface area contributed by atoms with Gasteiger partial charge in [0, 0.05) is 23.5 Å². The highest BCUT2D eigenvalue weighted by Gasteiger charge is 2.53. The summed E-state index contributed by atoms with van der Waals surface area (Å²) in [6, 6.07) is 6.19. The summed E-state index contributed by atoms with van der Waals surface area (Å²) in [6.07, 6.45) is 0.500. The summed E-state index contributed by atoms with van der Waals surface area (Å²) in [5.74, 6) is 1.12. The molecule has 4 rings (SSSR count). The predicted octanol–water partition coefficient (Wildman–Crippen LogP) is 3.47. The Morgan fingerprint density at radius 2 is 1.83 bits per heavy atom. The molecule has 1 amide bonds. The van der Waals surface area contributed by atoms with Gasteiger partial charge in [0.2, 0.25) is 0 Å². The van der Waals surface area contributed by atoms with E-state index in [9.17, 15) is 4.79 Å². The van der Waals surface area contributed by atoms with E-state index in [0.29, 0.717) is 13.1 Å². The van der Waals surface area contributed by atoms with E-state index in [0.717, 1.165) is 17.6 Å². The van der Waals surface area contributed by atoms with Gasteiger partial charge in [0.15, 0.2) is 0 Å². The Morgan fingerprint density at radius 1 is 1.17 bits per heavy atom. The van der Waals surface area contributed by atoms with Gasteiger partial charge in [-0.15, -0.1) is 0 Å². The third kappa shape index (κ3) is 3.63. The number of benzene rings is 1. The lowest BCUT2D eigenvalue weighted by molar-refractivity contribution is 0.00578. The minimum absolute atomic E-state index is 0.0742. The Balaban J connectivity index is 1.54. The second-order valence-corrected chi connectivity index (χ2v) is 10.3. The number of nitrogens with zero attached hydrogens (tertiary/aromatic N) is 1. The SMILES string of the molecule is CC(C)(C)OC(=O)N1CCC2c3cccc(B4OC(C)(C)C(C)(C)O4)c3OC2C1. The number of hydrogen-bond acceptors (Lipinski definition) is 5. The van der Waals surface area contributed by atoms with Gasteiger partial charge < -0.3 is 23.7 Å². The summed E-state index contributed by atoms with van der Waals surface area (Å²) in [7, 11) is -0.461. The molecule has 0 N–H and O–H groups in total. The largest absolute Gasteiger partial charge is 0.498 e. The lowest BCUT2D eigenvalue weighted by Gasteiger charge is -2.35. The maximum Gasteiger partial charge on any atom is 0.498 e. The van der Waals surface area contributed by atoms with Crippen LogP contribution >= 0.6 is 0 Å². The average molecular weight is 401 g/mol. The van der Waals surface area contributed by atoms with Gasteiger partial charge in [-0.3, -0.25) is 0 Å². The highest BCUT2D eigenvalue weighted by atomic mass is 16.7. The molecule has 1 aromatic rings. The molecule has 7 heteroatoms. The van der Waals surface area contributed by atoms with E-state index in [1.54, 1.807) is 4.90 Å². The van der Waals surface area contributed by atoms with Crippen LogP contribution in [0.15, 0.2) is 18.2 Å². The molecule has 0 spiro atoms. The first-order valence-electron chi connectivity index (χ1n) is 10.5. The molecule has 29 heavy (non-hydrogen) atoms. The second-order valence-electron chi connectivity index (χ2n) is 10.3. The molecule has 2 unspecified atom stereocenters. The molecule has 3 aliphatic heterocycles. The molecule has 1 aromatic carbocycles. The van der Waals surface area contributed by atoms with E-state index in [2.05, 4.69) is 33.8 Å². The fraction of sp³-hybridized carbons (Fsp3) is 0.682. The third-order valence-electron chi connectivity index (χ3n) is 6.46. The van der Waals surface area contributed by atoms with Crippen LogP contribution in [0, 0.1) is 0 Å². The van der Waals surface area contributed by atoms with Crippen molar-refractivity contribution < 1.29 is 23.6 Å². The first kappa shape index (κ1) is 20.5. The van der Waals surface area contributed by atoms with Crippen molar-refractivity contribution in [3.8, 4) is 5.75 Å². The molecular formula is C22H32BNO5. The number of para-hydroxylation sites is 1. The Hall–Kier alpha value is -1.73. The number of rotatable bonds is 1. The van der Waals surface area contributed by atoms with Crippen LogP contribution in [0.5, 0.6) is 5.75 Å². The highest BCUT2D eigenvalue weighted by molar-refractivity contribution is 6.63. The van der Waals surface area contributed by atoms with Crippen molar-refractivity contribution in [2.24, 2.45) is 0 Å². The number of hydrogen-bond donors (Lipinski definition) is 0. The van der Waals surface area contributed by atoms with Crippen molar-refractivity contribution in [2.45, 2.75) is 83.7 Å². The maximum atomic E-state index is 12.5. The van der Waals surface area contributed by atoms with Crippen LogP contribution in [0.25, 0.3) is 0 Å². The smallest absolute Gasteiger partial charge is 0.488 e. The number of ether oxygens (including phenoxy) is 2. The lowest BCUT2D eigenvalue weighted by Crippen LogP contribution is -2.47. The normalized spacial score (nSPS) is 27.3. The summed E-state index contributed by atoms with van der Waals surface area (Å²) >= 11 is 0. The van der Waals surface area contributed by atoms with Gasteiger partial charge in [-0.2, -0.15) is 0 Å². The van der Waals surface area contributed by atoms with E-state index in [-0.39, 0.29) is 18.1 Å². The standard InChI is InChI=1S/C22H32BNO5/c1-20(2,3)27-19(25)24-12-11-14-15-9-8-10-16(18(15)26-17(14)13-24)23-28-21(4,5)22(6,7)29-23/h8-10,14,17H,11-13H2,1-7H3. The zero-order valence-electron chi connectivity index (χ0n) is 18.6.